The van der Waals surface area contributed by atoms with Crippen molar-refractivity contribution in [2.45, 2.75) is 81.7 Å². The molecular formula is C25H32F9N3O6S. The monoisotopic (exact) mass is 673 g/mol. The molecule has 3 rings (SSSR count). The van der Waals surface area contributed by atoms with E-state index in [-0.39, 0.29) is 57.7 Å². The molecule has 2 aliphatic heterocycles. The van der Waals surface area contributed by atoms with E-state index in [1.165, 1.54) is 6.07 Å². The van der Waals surface area contributed by atoms with Crippen LogP contribution in [-0.2, 0) is 32.3 Å². The summed E-state index contributed by atoms with van der Waals surface area (Å²) in [5, 5.41) is 10.1. The minimum atomic E-state index is -5.79. The normalized spacial score (nSPS) is 19.5. The number of hydrogen-bond acceptors (Lipinski definition) is 8. The first-order chi connectivity index (χ1) is 20.1. The molecule has 9 nitrogen and oxygen atoms in total. The maximum Gasteiger partial charge on any atom is 0.423 e. The van der Waals surface area contributed by atoms with E-state index < -0.39 is 58.1 Å². The third kappa shape index (κ3) is 9.82. The summed E-state index contributed by atoms with van der Waals surface area (Å²) in [5.41, 5.74) is -1.21. The van der Waals surface area contributed by atoms with Crippen molar-refractivity contribution >= 4 is 15.9 Å². The van der Waals surface area contributed by atoms with Crippen molar-refractivity contribution in [3.05, 3.63) is 29.3 Å². The molecule has 1 unspecified atom stereocenters. The van der Waals surface area contributed by atoms with Crippen LogP contribution in [0.3, 0.4) is 0 Å². The molecule has 2 N–H and O–H groups in total. The molecule has 0 saturated carbocycles. The minimum Gasteiger partial charge on any atom is -0.493 e. The Morgan fingerprint density at radius 3 is 2.18 bits per heavy atom. The molecule has 1 aromatic carbocycles. The first-order valence-electron chi connectivity index (χ1n) is 13.4. The van der Waals surface area contributed by atoms with Crippen molar-refractivity contribution in [2.24, 2.45) is 0 Å². The SMILES string of the molecule is CS(=O)(=O)NC(=O)CCCOc1cc(C(F)(F)F)ccc1CN1CCCC12CCN(C(O)OC(C(F)(F)F)C(F)(F)F)CC2. The zero-order chi connectivity index (χ0) is 33.1. The number of nitrogens with one attached hydrogen (secondary N) is 1. The molecule has 1 aromatic rings. The number of ether oxygens (including phenoxy) is 2. The number of alkyl halides is 9. The van der Waals surface area contributed by atoms with E-state index in [4.69, 9.17) is 4.74 Å². The van der Waals surface area contributed by atoms with E-state index in [1.54, 1.807) is 4.72 Å². The molecule has 0 bridgehead atoms. The maximum absolute atomic E-state index is 13.4. The molecule has 2 saturated heterocycles. The summed E-state index contributed by atoms with van der Waals surface area (Å²) in [6.07, 6.45) is -20.7. The third-order valence-corrected chi connectivity index (χ3v) is 8.09. The van der Waals surface area contributed by atoms with E-state index in [1.807, 2.05) is 4.90 Å². The molecule has 44 heavy (non-hydrogen) atoms. The van der Waals surface area contributed by atoms with E-state index in [0.717, 1.165) is 23.3 Å². The number of hydrogen-bond donors (Lipinski definition) is 2. The number of likely N-dealkylation sites (tertiary alicyclic amines) is 2. The Labute approximate surface area is 247 Å². The summed E-state index contributed by atoms with van der Waals surface area (Å²) in [7, 11) is -3.78. The van der Waals surface area contributed by atoms with Crippen LogP contribution < -0.4 is 9.46 Å². The third-order valence-electron chi connectivity index (χ3n) is 7.50. The Morgan fingerprint density at radius 1 is 1.02 bits per heavy atom. The van der Waals surface area contributed by atoms with E-state index in [0.29, 0.717) is 24.9 Å². The lowest BCUT2D eigenvalue weighted by atomic mass is 9.84. The number of aliphatic hydroxyl groups is 1. The number of nitrogens with zero attached hydrogens (tertiary/aromatic N) is 2. The van der Waals surface area contributed by atoms with Gasteiger partial charge in [-0.25, -0.2) is 8.42 Å². The Morgan fingerprint density at radius 2 is 1.64 bits per heavy atom. The van der Waals surface area contributed by atoms with Crippen molar-refractivity contribution in [1.82, 2.24) is 14.5 Å². The second-order valence-corrected chi connectivity index (χ2v) is 12.5. The molecule has 2 aliphatic rings. The van der Waals surface area contributed by atoms with E-state index in [2.05, 4.69) is 4.74 Å². The van der Waals surface area contributed by atoms with Crippen LogP contribution in [0.1, 0.15) is 49.7 Å². The lowest BCUT2D eigenvalue weighted by Gasteiger charge is -2.46. The van der Waals surface area contributed by atoms with Crippen molar-refractivity contribution in [1.29, 1.82) is 0 Å². The number of sulfonamides is 1. The average molecular weight is 674 g/mol. The molecule has 2 fully saturated rings. The standard InChI is InChI=1S/C25H32F9N3O6S/c1-44(40,41)35-19(38)4-2-13-42-18-14-17(23(26,27)28)6-5-16(18)15-37-10-3-7-22(37)8-11-36(12-9-22)21(39)43-20(24(29,30)31)25(32,33)34/h5-6,14,20-21,39H,2-4,7-13,15H2,1H3,(H,35,38). The summed E-state index contributed by atoms with van der Waals surface area (Å²) >= 11 is 0. The van der Waals surface area contributed by atoms with Gasteiger partial charge in [0.05, 0.1) is 18.4 Å². The van der Waals surface area contributed by atoms with Gasteiger partial charge < -0.3 is 14.6 Å². The fourth-order valence-corrected chi connectivity index (χ4v) is 5.91. The summed E-state index contributed by atoms with van der Waals surface area (Å²) in [5.74, 6) is -0.925. The van der Waals surface area contributed by atoms with Gasteiger partial charge in [-0.05, 0) is 50.8 Å². The molecule has 1 amide bonds. The first kappa shape index (κ1) is 36.1. The molecule has 0 aliphatic carbocycles. The minimum absolute atomic E-state index is 0.00550. The molecule has 0 radical (unpaired) electrons. The second kappa shape index (κ2) is 13.6. The van der Waals surface area contributed by atoms with Gasteiger partial charge in [0.1, 0.15) is 5.75 Å². The zero-order valence-electron chi connectivity index (χ0n) is 23.4. The van der Waals surface area contributed by atoms with Crippen LogP contribution in [0.15, 0.2) is 18.2 Å². The van der Waals surface area contributed by atoms with Crippen molar-refractivity contribution in [3.8, 4) is 5.75 Å². The lowest BCUT2D eigenvalue weighted by Crippen LogP contribution is -2.56. The number of carbonyl (C=O) groups excluding carboxylic acids is 1. The van der Waals surface area contributed by atoms with Crippen LogP contribution >= 0.6 is 0 Å². The van der Waals surface area contributed by atoms with Crippen LogP contribution in [0.25, 0.3) is 0 Å². The molecule has 0 aromatic heterocycles. The van der Waals surface area contributed by atoms with Crippen molar-refractivity contribution in [2.75, 3.05) is 32.5 Å². The zero-order valence-corrected chi connectivity index (χ0v) is 24.2. The number of carbonyl (C=O) groups is 1. The molecule has 19 heteroatoms. The fraction of sp³-hybridized carbons (Fsp3) is 0.720. The van der Waals surface area contributed by atoms with Crippen molar-refractivity contribution < 1.29 is 67.3 Å². The van der Waals surface area contributed by atoms with Gasteiger partial charge in [0, 0.05) is 37.2 Å². The largest absolute Gasteiger partial charge is 0.493 e. The molecule has 1 atom stereocenters. The highest BCUT2D eigenvalue weighted by molar-refractivity contribution is 7.89. The summed E-state index contributed by atoms with van der Waals surface area (Å²) < 4.78 is 151. The van der Waals surface area contributed by atoms with Gasteiger partial charge in [-0.1, -0.05) is 6.07 Å². The summed E-state index contributed by atoms with van der Waals surface area (Å²) in [6.45, 7) is 0.180. The predicted molar refractivity (Wildman–Crippen MR) is 135 cm³/mol. The number of halogens is 9. The van der Waals surface area contributed by atoms with Crippen LogP contribution in [-0.4, -0.2) is 92.1 Å². The maximum atomic E-state index is 13.4. The van der Waals surface area contributed by atoms with Gasteiger partial charge in [-0.15, -0.1) is 0 Å². The summed E-state index contributed by atoms with van der Waals surface area (Å²) in [6, 6.07) is 2.92. The Bertz CT molecular complexity index is 1240. The Hall–Kier alpha value is -2.35. The first-order valence-corrected chi connectivity index (χ1v) is 15.3. The quantitative estimate of drug-likeness (QED) is 0.205. The number of piperidine rings is 1. The number of amides is 1. The molecular weight excluding hydrogens is 641 g/mol. The van der Waals surface area contributed by atoms with Crippen LogP contribution in [0.4, 0.5) is 39.5 Å². The highest BCUT2D eigenvalue weighted by atomic mass is 32.2. The molecule has 1 spiro atoms. The van der Waals surface area contributed by atoms with Gasteiger partial charge in [0.15, 0.2) is 0 Å². The van der Waals surface area contributed by atoms with Gasteiger partial charge in [-0.3, -0.25) is 19.3 Å². The average Bonchev–Trinajstić information content (AvgIpc) is 3.24. The smallest absolute Gasteiger partial charge is 0.423 e. The second-order valence-electron chi connectivity index (χ2n) is 10.8. The molecule has 2 heterocycles. The predicted octanol–water partition coefficient (Wildman–Crippen LogP) is 4.16. The van der Waals surface area contributed by atoms with E-state index in [9.17, 15) is 57.8 Å². The Kier molecular flexibility index (Phi) is 11.1. The van der Waals surface area contributed by atoms with Gasteiger partial charge >= 0.3 is 18.5 Å². The Balaban J connectivity index is 1.68. The molecule has 252 valence electrons. The van der Waals surface area contributed by atoms with Crippen LogP contribution in [0.2, 0.25) is 0 Å². The topological polar surface area (TPSA) is 108 Å². The highest BCUT2D eigenvalue weighted by Gasteiger charge is 2.59. The van der Waals surface area contributed by atoms with Crippen molar-refractivity contribution in [3.63, 3.8) is 0 Å². The van der Waals surface area contributed by atoms with Gasteiger partial charge in [0.25, 0.3) is 6.10 Å². The highest BCUT2D eigenvalue weighted by Crippen LogP contribution is 2.42. The van der Waals surface area contributed by atoms with Crippen LogP contribution in [0.5, 0.6) is 5.75 Å². The number of aliphatic hydroxyl groups excluding tert-OH is 1. The fourth-order valence-electron chi connectivity index (χ4n) is 5.39. The van der Waals surface area contributed by atoms with Crippen LogP contribution in [0, 0.1) is 0 Å². The lowest BCUT2D eigenvalue weighted by molar-refractivity contribution is -0.367. The number of rotatable bonds is 11. The van der Waals surface area contributed by atoms with Gasteiger partial charge in [0.2, 0.25) is 22.3 Å². The number of benzene rings is 1. The summed E-state index contributed by atoms with van der Waals surface area (Å²) in [4.78, 5) is 14.6. The van der Waals surface area contributed by atoms with E-state index >= 15 is 0 Å². The van der Waals surface area contributed by atoms with Gasteiger partial charge in [-0.2, -0.15) is 39.5 Å².